The van der Waals surface area contributed by atoms with Crippen molar-refractivity contribution >= 4 is 35.5 Å². The molecule has 1 saturated heterocycles. The molecule has 0 unspecified atom stereocenters. The molecule has 2 aromatic rings. The first kappa shape index (κ1) is 22.5. The average molecular weight is 444 g/mol. The molecule has 6 nitrogen and oxygen atoms in total. The summed E-state index contributed by atoms with van der Waals surface area (Å²) >= 11 is 0. The number of sulfonamides is 1. The fourth-order valence-corrected chi connectivity index (χ4v) is 4.75. The lowest BCUT2D eigenvalue weighted by molar-refractivity contribution is -0.120. The zero-order valence-electron chi connectivity index (χ0n) is 15.6. The normalized spacial score (nSPS) is 15.6. The summed E-state index contributed by atoms with van der Waals surface area (Å²) in [4.78, 5) is 11.5. The predicted molar refractivity (Wildman–Crippen MR) is 108 cm³/mol. The van der Waals surface area contributed by atoms with Crippen molar-refractivity contribution in [2.45, 2.75) is 36.5 Å². The van der Waals surface area contributed by atoms with Gasteiger partial charge in [-0.3, -0.25) is 4.79 Å². The van der Waals surface area contributed by atoms with Gasteiger partial charge in [0, 0.05) is 36.6 Å². The second kappa shape index (κ2) is 9.17. The van der Waals surface area contributed by atoms with Gasteiger partial charge in [-0.2, -0.15) is 4.31 Å². The number of carbonyl (C=O) groups is 1. The van der Waals surface area contributed by atoms with Crippen molar-refractivity contribution in [2.24, 2.45) is 0 Å². The molecule has 9 heteroatoms. The van der Waals surface area contributed by atoms with Crippen molar-refractivity contribution in [3.05, 3.63) is 59.7 Å². The van der Waals surface area contributed by atoms with E-state index in [0.717, 1.165) is 11.1 Å². The van der Waals surface area contributed by atoms with Crippen LogP contribution in [0.3, 0.4) is 0 Å². The molecule has 1 heterocycles. The Bertz CT molecular complexity index is 1020. The molecule has 1 fully saturated rings. The molecular formula is C19H22ClNO5S2. The summed E-state index contributed by atoms with van der Waals surface area (Å²) in [5.41, 5.74) is 2.03. The van der Waals surface area contributed by atoms with Crippen LogP contribution in [0.1, 0.15) is 24.0 Å². The van der Waals surface area contributed by atoms with Gasteiger partial charge >= 0.3 is 0 Å². The molecule has 1 aliphatic heterocycles. The highest BCUT2D eigenvalue weighted by Crippen LogP contribution is 2.19. The first-order valence-electron chi connectivity index (χ1n) is 8.60. The van der Waals surface area contributed by atoms with Crippen molar-refractivity contribution in [3.8, 4) is 0 Å². The maximum atomic E-state index is 12.2. The monoisotopic (exact) mass is 443 g/mol. The fraction of sp³-hybridized carbons (Fsp3) is 0.316. The number of hydrogen-bond donors (Lipinski definition) is 0. The molecule has 28 heavy (non-hydrogen) atoms. The molecule has 0 aliphatic carbocycles. The summed E-state index contributed by atoms with van der Waals surface area (Å²) in [5.74, 6) is 0.139. The molecule has 1 aliphatic rings. The SMILES string of the molecule is Cc1ccc(S(=O)(=O)Cl)cc1.Cc1ccc(S(=O)(=O)N2CCC(=O)CC2)cc1. The van der Waals surface area contributed by atoms with Gasteiger partial charge in [0.05, 0.1) is 9.79 Å². The third-order valence-electron chi connectivity index (χ3n) is 4.24. The van der Waals surface area contributed by atoms with Crippen LogP contribution in [0.15, 0.2) is 58.3 Å². The number of nitrogens with zero attached hydrogens (tertiary/aromatic N) is 1. The van der Waals surface area contributed by atoms with Crippen molar-refractivity contribution in [1.82, 2.24) is 4.31 Å². The summed E-state index contributed by atoms with van der Waals surface area (Å²) < 4.78 is 47.2. The number of Topliss-reactive ketones (excluding diaryl/α,β-unsaturated/α-hetero) is 1. The van der Waals surface area contributed by atoms with Crippen LogP contribution in [0.5, 0.6) is 0 Å². The van der Waals surface area contributed by atoms with E-state index < -0.39 is 19.1 Å². The van der Waals surface area contributed by atoms with Gasteiger partial charge in [-0.15, -0.1) is 0 Å². The Hall–Kier alpha value is -1.74. The average Bonchev–Trinajstić information content (AvgIpc) is 2.62. The quantitative estimate of drug-likeness (QED) is 0.679. The summed E-state index contributed by atoms with van der Waals surface area (Å²) in [5, 5.41) is 0. The third-order valence-corrected chi connectivity index (χ3v) is 7.52. The van der Waals surface area contributed by atoms with Gasteiger partial charge in [-0.05, 0) is 38.1 Å². The summed E-state index contributed by atoms with van der Waals surface area (Å²) in [7, 11) is -1.89. The number of piperidine rings is 1. The zero-order chi connectivity index (χ0) is 20.9. The highest BCUT2D eigenvalue weighted by molar-refractivity contribution is 8.13. The molecule has 0 N–H and O–H groups in total. The van der Waals surface area contributed by atoms with Gasteiger partial charge in [0.25, 0.3) is 9.05 Å². The van der Waals surface area contributed by atoms with Gasteiger partial charge in [0.1, 0.15) is 5.78 Å². The highest BCUT2D eigenvalue weighted by Gasteiger charge is 2.28. The van der Waals surface area contributed by atoms with E-state index in [1.807, 2.05) is 13.8 Å². The molecule has 152 valence electrons. The van der Waals surface area contributed by atoms with Crippen LogP contribution < -0.4 is 0 Å². The summed E-state index contributed by atoms with van der Waals surface area (Å²) in [6.45, 7) is 4.39. The van der Waals surface area contributed by atoms with Crippen LogP contribution in [-0.2, 0) is 23.9 Å². The Morgan fingerprint density at radius 1 is 0.750 bits per heavy atom. The number of rotatable bonds is 3. The van der Waals surface area contributed by atoms with Crippen LogP contribution in [0.25, 0.3) is 0 Å². The van der Waals surface area contributed by atoms with E-state index in [9.17, 15) is 21.6 Å². The molecule has 0 aromatic heterocycles. The number of benzene rings is 2. The van der Waals surface area contributed by atoms with Crippen LogP contribution in [-0.4, -0.2) is 40.0 Å². The molecule has 0 bridgehead atoms. The lowest BCUT2D eigenvalue weighted by atomic mass is 10.1. The number of hydrogen-bond acceptors (Lipinski definition) is 5. The summed E-state index contributed by atoms with van der Waals surface area (Å²) in [6.07, 6.45) is 0.649. The first-order valence-corrected chi connectivity index (χ1v) is 12.3. The molecule has 0 saturated carbocycles. The van der Waals surface area contributed by atoms with Gasteiger partial charge in [-0.1, -0.05) is 35.4 Å². The minimum Gasteiger partial charge on any atom is -0.300 e. The number of aryl methyl sites for hydroxylation is 2. The lowest BCUT2D eigenvalue weighted by Gasteiger charge is -2.25. The maximum absolute atomic E-state index is 12.2. The largest absolute Gasteiger partial charge is 0.300 e. The van der Waals surface area contributed by atoms with Crippen LogP contribution >= 0.6 is 10.7 Å². The Morgan fingerprint density at radius 2 is 1.14 bits per heavy atom. The van der Waals surface area contributed by atoms with Gasteiger partial charge in [0.2, 0.25) is 10.0 Å². The first-order chi connectivity index (χ1) is 13.0. The Labute approximate surface area is 170 Å². The van der Waals surface area contributed by atoms with Crippen molar-refractivity contribution < 1.29 is 21.6 Å². The minimum absolute atomic E-state index is 0.139. The highest BCUT2D eigenvalue weighted by atomic mass is 35.7. The van der Waals surface area contributed by atoms with E-state index >= 15 is 0 Å². The van der Waals surface area contributed by atoms with Gasteiger partial charge in [-0.25, -0.2) is 16.8 Å². The van der Waals surface area contributed by atoms with E-state index in [0.29, 0.717) is 30.8 Å². The van der Waals surface area contributed by atoms with Crippen LogP contribution in [0, 0.1) is 13.8 Å². The fourth-order valence-electron chi connectivity index (χ4n) is 2.54. The summed E-state index contributed by atoms with van der Waals surface area (Å²) in [6, 6.07) is 13.2. The molecular weight excluding hydrogens is 422 g/mol. The second-order valence-electron chi connectivity index (χ2n) is 6.51. The van der Waals surface area contributed by atoms with E-state index in [-0.39, 0.29) is 10.7 Å². The Balaban J connectivity index is 0.000000221. The molecule has 0 spiro atoms. The third kappa shape index (κ3) is 6.13. The number of halogens is 1. The maximum Gasteiger partial charge on any atom is 0.261 e. The standard InChI is InChI=1S/C12H15NO3S.C7H7ClO2S/c1-10-2-4-12(5-3-10)17(15,16)13-8-6-11(14)7-9-13;1-6-2-4-7(5-3-6)11(8,9)10/h2-5H,6-9H2,1H3;2-5H,1H3. The lowest BCUT2D eigenvalue weighted by Crippen LogP contribution is -2.38. The second-order valence-corrected chi connectivity index (χ2v) is 11.0. The van der Waals surface area contributed by atoms with E-state index in [2.05, 4.69) is 0 Å². The number of ketones is 1. The van der Waals surface area contributed by atoms with Crippen molar-refractivity contribution in [2.75, 3.05) is 13.1 Å². The van der Waals surface area contributed by atoms with E-state index in [4.69, 9.17) is 10.7 Å². The van der Waals surface area contributed by atoms with Gasteiger partial charge < -0.3 is 0 Å². The topological polar surface area (TPSA) is 88.6 Å². The molecule has 0 radical (unpaired) electrons. The molecule has 3 rings (SSSR count). The van der Waals surface area contributed by atoms with Gasteiger partial charge in [0.15, 0.2) is 0 Å². The number of carbonyl (C=O) groups excluding carboxylic acids is 1. The Kier molecular flexibility index (Phi) is 7.39. The minimum atomic E-state index is -3.55. The predicted octanol–water partition coefficient (Wildman–Crippen LogP) is 3.27. The Morgan fingerprint density at radius 3 is 1.54 bits per heavy atom. The molecule has 0 amide bonds. The van der Waals surface area contributed by atoms with Crippen molar-refractivity contribution in [1.29, 1.82) is 0 Å². The van der Waals surface area contributed by atoms with Crippen LogP contribution in [0.4, 0.5) is 0 Å². The van der Waals surface area contributed by atoms with E-state index in [1.54, 1.807) is 36.4 Å². The van der Waals surface area contributed by atoms with E-state index in [1.165, 1.54) is 16.4 Å². The van der Waals surface area contributed by atoms with Crippen LogP contribution in [0.2, 0.25) is 0 Å². The van der Waals surface area contributed by atoms with Crippen molar-refractivity contribution in [3.63, 3.8) is 0 Å². The smallest absolute Gasteiger partial charge is 0.261 e. The molecule has 2 aromatic carbocycles. The zero-order valence-corrected chi connectivity index (χ0v) is 18.0. The molecule has 0 atom stereocenters.